The molecule has 342 valence electrons. The first-order valence-electron chi connectivity index (χ1n) is 24.1. The predicted octanol–water partition coefficient (Wildman–Crippen LogP) is 13.9. The first-order chi connectivity index (χ1) is 28.0. The molecule has 0 heterocycles. The molecule has 0 aliphatic carbocycles. The maximum atomic E-state index is 12.7. The maximum Gasteiger partial charge on any atom is 0.472 e. The minimum atomic E-state index is -4.38. The van der Waals surface area contributed by atoms with Gasteiger partial charge in [-0.3, -0.25) is 18.6 Å². The van der Waals surface area contributed by atoms with Gasteiger partial charge in [0.15, 0.2) is 6.10 Å². The number of ether oxygens (including phenoxy) is 2. The molecule has 0 bridgehead atoms. The van der Waals surface area contributed by atoms with Crippen LogP contribution in [-0.2, 0) is 32.7 Å². The molecule has 0 aromatic rings. The molecule has 0 spiro atoms. The van der Waals surface area contributed by atoms with Crippen LogP contribution in [0.15, 0.2) is 24.3 Å². The van der Waals surface area contributed by atoms with E-state index in [4.69, 9.17) is 18.5 Å². The molecule has 0 saturated heterocycles. The van der Waals surface area contributed by atoms with Crippen molar-refractivity contribution in [3.8, 4) is 0 Å². The number of hydrogen-bond acceptors (Lipinski definition) is 7. The SMILES string of the molecule is CCCCCCCC/C=C/CCCCCCCCCCCC(=O)OC[C@H](COP(=O)(O)OCC[N+](C)(C)C)OC(=O)CCCCCCC/C=C/CCCCCCCC. The summed E-state index contributed by atoms with van der Waals surface area (Å²) in [5, 5.41) is 0. The van der Waals surface area contributed by atoms with Crippen LogP contribution < -0.4 is 0 Å². The molecule has 0 aliphatic heterocycles. The fourth-order valence-electron chi connectivity index (χ4n) is 6.65. The van der Waals surface area contributed by atoms with Crippen molar-refractivity contribution in [2.24, 2.45) is 0 Å². The van der Waals surface area contributed by atoms with E-state index in [9.17, 15) is 19.0 Å². The number of phosphoric acid groups is 1. The monoisotopic (exact) mass is 843 g/mol. The van der Waals surface area contributed by atoms with Crippen molar-refractivity contribution >= 4 is 19.8 Å². The van der Waals surface area contributed by atoms with Crippen LogP contribution in [0.4, 0.5) is 0 Å². The normalized spacial score (nSPS) is 13.7. The van der Waals surface area contributed by atoms with Gasteiger partial charge in [0.25, 0.3) is 0 Å². The number of phosphoric ester groups is 1. The quantitative estimate of drug-likeness (QED) is 0.0212. The van der Waals surface area contributed by atoms with E-state index in [2.05, 4.69) is 38.2 Å². The minimum Gasteiger partial charge on any atom is -0.462 e. The lowest BCUT2D eigenvalue weighted by atomic mass is 10.1. The number of likely N-dealkylation sites (N-methyl/N-ethyl adjacent to an activating group) is 1. The van der Waals surface area contributed by atoms with Gasteiger partial charge in [0, 0.05) is 12.8 Å². The largest absolute Gasteiger partial charge is 0.472 e. The number of rotatable bonds is 44. The average Bonchev–Trinajstić information content (AvgIpc) is 3.17. The standard InChI is InChI=1S/C48H92NO8P/c1-6-8-10-12-14-16-18-20-22-23-24-25-27-28-30-32-34-36-38-40-47(50)54-44-46(45-56-58(52,53)55-43-42-49(3,4)5)57-48(51)41-39-37-35-33-31-29-26-21-19-17-15-13-11-9-7-2/h20-22,26,46H,6-19,23-25,27-45H2,1-5H3/p+1/b22-20+,26-21+/t46-/m1/s1. The minimum absolute atomic E-state index is 0.0312. The van der Waals surface area contributed by atoms with E-state index in [1.807, 2.05) is 21.1 Å². The lowest BCUT2D eigenvalue weighted by Gasteiger charge is -2.24. The van der Waals surface area contributed by atoms with E-state index in [0.717, 1.165) is 51.4 Å². The van der Waals surface area contributed by atoms with E-state index < -0.39 is 26.5 Å². The van der Waals surface area contributed by atoms with E-state index in [0.29, 0.717) is 17.4 Å². The second kappa shape index (κ2) is 40.9. The fourth-order valence-corrected chi connectivity index (χ4v) is 7.39. The second-order valence-electron chi connectivity index (χ2n) is 17.5. The van der Waals surface area contributed by atoms with Crippen LogP contribution in [0.1, 0.15) is 219 Å². The highest BCUT2D eigenvalue weighted by molar-refractivity contribution is 7.47. The highest BCUT2D eigenvalue weighted by Gasteiger charge is 2.27. The van der Waals surface area contributed by atoms with Crippen LogP contribution in [0.25, 0.3) is 0 Å². The highest BCUT2D eigenvalue weighted by atomic mass is 31.2. The van der Waals surface area contributed by atoms with Gasteiger partial charge < -0.3 is 18.9 Å². The third-order valence-electron chi connectivity index (χ3n) is 10.5. The Morgan fingerprint density at radius 3 is 1.28 bits per heavy atom. The zero-order chi connectivity index (χ0) is 42.8. The first-order valence-corrected chi connectivity index (χ1v) is 25.6. The summed E-state index contributed by atoms with van der Waals surface area (Å²) in [6.07, 6.45) is 45.1. The Kier molecular flexibility index (Phi) is 39.8. The third-order valence-corrected chi connectivity index (χ3v) is 11.4. The van der Waals surface area contributed by atoms with E-state index in [1.165, 1.54) is 135 Å². The number of carbonyl (C=O) groups is 2. The summed E-state index contributed by atoms with van der Waals surface area (Å²) in [6, 6.07) is 0. The molecule has 0 saturated carbocycles. The molecule has 0 rings (SSSR count). The molecule has 1 N–H and O–H groups in total. The molecule has 1 unspecified atom stereocenters. The van der Waals surface area contributed by atoms with Gasteiger partial charge in [-0.2, -0.15) is 0 Å². The van der Waals surface area contributed by atoms with Crippen LogP contribution >= 0.6 is 7.82 Å². The Morgan fingerprint density at radius 2 is 0.879 bits per heavy atom. The number of allylic oxidation sites excluding steroid dienone is 4. The Balaban J connectivity index is 4.28. The molecule has 0 aromatic carbocycles. The molecule has 9 nitrogen and oxygen atoms in total. The van der Waals surface area contributed by atoms with Crippen molar-refractivity contribution in [2.75, 3.05) is 47.5 Å². The van der Waals surface area contributed by atoms with Gasteiger partial charge in [-0.05, 0) is 64.2 Å². The zero-order valence-electron chi connectivity index (χ0n) is 38.5. The first kappa shape index (κ1) is 56.5. The molecular weight excluding hydrogens is 750 g/mol. The Morgan fingerprint density at radius 1 is 0.517 bits per heavy atom. The molecule has 0 aromatic heterocycles. The zero-order valence-corrected chi connectivity index (χ0v) is 39.4. The summed E-state index contributed by atoms with van der Waals surface area (Å²) in [6.45, 7) is 4.42. The molecule has 0 amide bonds. The van der Waals surface area contributed by atoms with Gasteiger partial charge in [-0.15, -0.1) is 0 Å². The Hall–Kier alpha value is -1.51. The van der Waals surface area contributed by atoms with E-state index in [-0.39, 0.29) is 32.0 Å². The molecule has 0 fully saturated rings. The summed E-state index contributed by atoms with van der Waals surface area (Å²) in [5.74, 6) is -0.803. The summed E-state index contributed by atoms with van der Waals surface area (Å²) in [4.78, 5) is 35.4. The molecule has 2 atom stereocenters. The van der Waals surface area contributed by atoms with Gasteiger partial charge in [0.2, 0.25) is 0 Å². The lowest BCUT2D eigenvalue weighted by Crippen LogP contribution is -2.37. The number of unbranched alkanes of at least 4 members (excludes halogenated alkanes) is 26. The van der Waals surface area contributed by atoms with Crippen molar-refractivity contribution in [1.29, 1.82) is 0 Å². The molecule has 10 heteroatoms. The predicted molar refractivity (Wildman–Crippen MR) is 243 cm³/mol. The number of hydrogen-bond donors (Lipinski definition) is 1. The van der Waals surface area contributed by atoms with Gasteiger partial charge in [-0.25, -0.2) is 4.57 Å². The lowest BCUT2D eigenvalue weighted by molar-refractivity contribution is -0.870. The molecular formula is C48H93NO8P+. The Labute approximate surface area is 358 Å². The number of carbonyl (C=O) groups excluding carboxylic acids is 2. The number of esters is 2. The van der Waals surface area contributed by atoms with Crippen LogP contribution in [0.2, 0.25) is 0 Å². The molecule has 58 heavy (non-hydrogen) atoms. The van der Waals surface area contributed by atoms with E-state index >= 15 is 0 Å². The number of quaternary nitrogens is 1. The fraction of sp³-hybridized carbons (Fsp3) is 0.875. The van der Waals surface area contributed by atoms with Crippen molar-refractivity contribution in [1.82, 2.24) is 0 Å². The van der Waals surface area contributed by atoms with Crippen LogP contribution in [0.3, 0.4) is 0 Å². The van der Waals surface area contributed by atoms with Crippen molar-refractivity contribution in [3.63, 3.8) is 0 Å². The van der Waals surface area contributed by atoms with Crippen molar-refractivity contribution in [2.45, 2.75) is 225 Å². The third kappa shape index (κ3) is 44.1. The summed E-state index contributed by atoms with van der Waals surface area (Å²) < 4.78 is 34.4. The molecule has 0 radical (unpaired) electrons. The van der Waals surface area contributed by atoms with Gasteiger partial charge in [0.05, 0.1) is 27.7 Å². The highest BCUT2D eigenvalue weighted by Crippen LogP contribution is 2.43. The van der Waals surface area contributed by atoms with E-state index in [1.54, 1.807) is 0 Å². The second-order valence-corrected chi connectivity index (χ2v) is 18.9. The average molecular weight is 843 g/mol. The van der Waals surface area contributed by atoms with Crippen LogP contribution in [-0.4, -0.2) is 74.9 Å². The van der Waals surface area contributed by atoms with Crippen molar-refractivity contribution in [3.05, 3.63) is 24.3 Å². The smallest absolute Gasteiger partial charge is 0.462 e. The van der Waals surface area contributed by atoms with Gasteiger partial charge in [0.1, 0.15) is 19.8 Å². The maximum absolute atomic E-state index is 12.7. The summed E-state index contributed by atoms with van der Waals surface area (Å²) in [7, 11) is 1.48. The van der Waals surface area contributed by atoms with Crippen molar-refractivity contribution < 1.29 is 42.1 Å². The topological polar surface area (TPSA) is 108 Å². The van der Waals surface area contributed by atoms with Crippen LogP contribution in [0, 0.1) is 0 Å². The molecule has 0 aliphatic rings. The summed E-state index contributed by atoms with van der Waals surface area (Å²) >= 11 is 0. The Bertz CT molecular complexity index is 1040. The van der Waals surface area contributed by atoms with Gasteiger partial charge in [-0.1, -0.05) is 167 Å². The summed E-state index contributed by atoms with van der Waals surface area (Å²) in [5.41, 5.74) is 0. The van der Waals surface area contributed by atoms with Crippen LogP contribution in [0.5, 0.6) is 0 Å². The van der Waals surface area contributed by atoms with Gasteiger partial charge >= 0.3 is 19.8 Å². The number of nitrogens with zero attached hydrogens (tertiary/aromatic N) is 1.